The summed E-state index contributed by atoms with van der Waals surface area (Å²) < 4.78 is 0. The van der Waals surface area contributed by atoms with Crippen molar-refractivity contribution in [1.29, 1.82) is 0 Å². The van der Waals surface area contributed by atoms with E-state index < -0.39 is 0 Å². The van der Waals surface area contributed by atoms with Crippen LogP contribution in [0.4, 0.5) is 11.5 Å². The van der Waals surface area contributed by atoms with E-state index in [1.165, 1.54) is 6.42 Å². The highest BCUT2D eigenvalue weighted by Crippen LogP contribution is 2.22. The van der Waals surface area contributed by atoms with Crippen molar-refractivity contribution in [3.8, 4) is 0 Å². The molecule has 0 aliphatic carbocycles. The number of aromatic nitrogens is 2. The van der Waals surface area contributed by atoms with Crippen LogP contribution in [0.1, 0.15) is 6.42 Å². The van der Waals surface area contributed by atoms with Gasteiger partial charge in [-0.3, -0.25) is 4.98 Å². The molecule has 1 fully saturated rings. The van der Waals surface area contributed by atoms with Gasteiger partial charge in [0.1, 0.15) is 5.82 Å². The molecule has 1 aromatic heterocycles. The van der Waals surface area contributed by atoms with Gasteiger partial charge in [0.2, 0.25) is 0 Å². The van der Waals surface area contributed by atoms with Gasteiger partial charge in [-0.25, -0.2) is 4.98 Å². The van der Waals surface area contributed by atoms with E-state index >= 15 is 0 Å². The molecule has 0 bridgehead atoms. The quantitative estimate of drug-likeness (QED) is 0.823. The lowest BCUT2D eigenvalue weighted by molar-refractivity contribution is 0.315. The van der Waals surface area contributed by atoms with Crippen LogP contribution in [0.2, 0.25) is 0 Å². The van der Waals surface area contributed by atoms with Gasteiger partial charge < -0.3 is 15.5 Å². The second-order valence-electron chi connectivity index (χ2n) is 5.33. The second kappa shape index (κ2) is 4.66. The summed E-state index contributed by atoms with van der Waals surface area (Å²) in [7, 11) is 4.26. The van der Waals surface area contributed by atoms with Crippen LogP contribution in [0.3, 0.4) is 0 Å². The Morgan fingerprint density at radius 2 is 2.16 bits per heavy atom. The van der Waals surface area contributed by atoms with Gasteiger partial charge in [0.25, 0.3) is 0 Å². The molecular formula is C14H19N5. The standard InChI is InChI=1S/C14H19N5/c1-18(2)11-5-6-19(9-11)14-8-16-13-7-10(15)3-4-12(13)17-14/h3-4,7-8,11H,5-6,9,15H2,1-2H3/t11-/m1/s1. The highest BCUT2D eigenvalue weighted by molar-refractivity contribution is 5.79. The summed E-state index contributed by atoms with van der Waals surface area (Å²) >= 11 is 0. The third kappa shape index (κ3) is 2.33. The van der Waals surface area contributed by atoms with Crippen LogP contribution in [0.5, 0.6) is 0 Å². The average Bonchev–Trinajstić information content (AvgIpc) is 2.88. The molecule has 2 aromatic rings. The number of hydrogen-bond acceptors (Lipinski definition) is 5. The number of anilines is 2. The zero-order valence-corrected chi connectivity index (χ0v) is 11.4. The molecule has 5 nitrogen and oxygen atoms in total. The predicted molar refractivity (Wildman–Crippen MR) is 78.3 cm³/mol. The minimum atomic E-state index is 0.601. The summed E-state index contributed by atoms with van der Waals surface area (Å²) in [5.74, 6) is 0.960. The van der Waals surface area contributed by atoms with Crippen LogP contribution >= 0.6 is 0 Å². The van der Waals surface area contributed by atoms with Crippen LogP contribution in [0, 0.1) is 0 Å². The molecule has 0 spiro atoms. The SMILES string of the molecule is CN(C)[C@@H]1CCN(c2cnc3cc(N)ccc3n2)C1. The van der Waals surface area contributed by atoms with Crippen LogP contribution in [0.25, 0.3) is 11.0 Å². The third-order valence-corrected chi connectivity index (χ3v) is 3.77. The molecule has 2 heterocycles. The van der Waals surface area contributed by atoms with Crippen molar-refractivity contribution in [3.63, 3.8) is 0 Å². The summed E-state index contributed by atoms with van der Waals surface area (Å²) in [6.07, 6.45) is 3.02. The molecule has 3 rings (SSSR count). The number of fused-ring (bicyclic) bond motifs is 1. The van der Waals surface area contributed by atoms with E-state index in [9.17, 15) is 0 Å². The predicted octanol–water partition coefficient (Wildman–Crippen LogP) is 1.35. The number of nitrogens with two attached hydrogens (primary N) is 1. The first-order valence-corrected chi connectivity index (χ1v) is 6.57. The largest absolute Gasteiger partial charge is 0.399 e. The topological polar surface area (TPSA) is 58.3 Å². The lowest BCUT2D eigenvalue weighted by Gasteiger charge is -2.21. The number of nitrogens with zero attached hydrogens (tertiary/aromatic N) is 4. The summed E-state index contributed by atoms with van der Waals surface area (Å²) in [5, 5.41) is 0. The Balaban J connectivity index is 1.88. The van der Waals surface area contributed by atoms with Gasteiger partial charge in [0, 0.05) is 24.8 Å². The van der Waals surface area contributed by atoms with Crippen molar-refractivity contribution in [2.45, 2.75) is 12.5 Å². The van der Waals surface area contributed by atoms with Crippen molar-refractivity contribution in [2.75, 3.05) is 37.8 Å². The van der Waals surface area contributed by atoms with Crippen LogP contribution < -0.4 is 10.6 Å². The highest BCUT2D eigenvalue weighted by Gasteiger charge is 2.25. The fourth-order valence-corrected chi connectivity index (χ4v) is 2.54. The molecule has 5 heteroatoms. The maximum Gasteiger partial charge on any atom is 0.147 e. The minimum absolute atomic E-state index is 0.601. The minimum Gasteiger partial charge on any atom is -0.399 e. The monoisotopic (exact) mass is 257 g/mol. The molecule has 19 heavy (non-hydrogen) atoms. The lowest BCUT2D eigenvalue weighted by Crippen LogP contribution is -2.31. The first-order chi connectivity index (χ1) is 9.13. The zero-order chi connectivity index (χ0) is 13.4. The smallest absolute Gasteiger partial charge is 0.147 e. The molecule has 0 unspecified atom stereocenters. The molecule has 2 N–H and O–H groups in total. The van der Waals surface area contributed by atoms with E-state index in [4.69, 9.17) is 5.73 Å². The lowest BCUT2D eigenvalue weighted by atomic mass is 10.2. The molecule has 100 valence electrons. The number of nitrogen functional groups attached to an aromatic ring is 1. The van der Waals surface area contributed by atoms with Gasteiger partial charge in [-0.15, -0.1) is 0 Å². The Labute approximate surface area is 113 Å². The maximum absolute atomic E-state index is 5.75. The Hall–Kier alpha value is -1.88. The van der Waals surface area contributed by atoms with E-state index in [0.717, 1.165) is 35.6 Å². The second-order valence-corrected chi connectivity index (χ2v) is 5.33. The van der Waals surface area contributed by atoms with Crippen LogP contribution in [0.15, 0.2) is 24.4 Å². The first-order valence-electron chi connectivity index (χ1n) is 6.57. The number of likely N-dealkylation sites (N-methyl/N-ethyl adjacent to an activating group) is 1. The molecule has 1 atom stereocenters. The first kappa shape index (κ1) is 12.2. The van der Waals surface area contributed by atoms with Crippen molar-refractivity contribution in [2.24, 2.45) is 0 Å². The van der Waals surface area contributed by atoms with Crippen molar-refractivity contribution in [3.05, 3.63) is 24.4 Å². The third-order valence-electron chi connectivity index (χ3n) is 3.77. The van der Waals surface area contributed by atoms with Crippen LogP contribution in [-0.4, -0.2) is 48.1 Å². The molecular weight excluding hydrogens is 238 g/mol. The fraction of sp³-hybridized carbons (Fsp3) is 0.429. The Morgan fingerprint density at radius 1 is 1.32 bits per heavy atom. The highest BCUT2D eigenvalue weighted by atomic mass is 15.3. The van der Waals surface area contributed by atoms with Gasteiger partial charge in [0.15, 0.2) is 0 Å². The zero-order valence-electron chi connectivity index (χ0n) is 11.4. The van der Waals surface area contributed by atoms with Crippen molar-refractivity contribution < 1.29 is 0 Å². The van der Waals surface area contributed by atoms with Gasteiger partial charge in [-0.05, 0) is 38.7 Å². The molecule has 1 saturated heterocycles. The molecule has 0 radical (unpaired) electrons. The van der Waals surface area contributed by atoms with Gasteiger partial charge in [-0.1, -0.05) is 0 Å². The Bertz CT molecular complexity index is 595. The summed E-state index contributed by atoms with van der Waals surface area (Å²) in [6, 6.07) is 6.26. The van der Waals surface area contributed by atoms with E-state index in [0.29, 0.717) is 6.04 Å². The normalized spacial score (nSPS) is 19.5. The number of hydrogen-bond donors (Lipinski definition) is 1. The summed E-state index contributed by atoms with van der Waals surface area (Å²) in [4.78, 5) is 13.7. The number of rotatable bonds is 2. The van der Waals surface area contributed by atoms with E-state index in [2.05, 4.69) is 33.9 Å². The van der Waals surface area contributed by atoms with E-state index in [1.807, 2.05) is 24.4 Å². The van der Waals surface area contributed by atoms with Crippen molar-refractivity contribution in [1.82, 2.24) is 14.9 Å². The average molecular weight is 257 g/mol. The van der Waals surface area contributed by atoms with Gasteiger partial charge >= 0.3 is 0 Å². The fourth-order valence-electron chi connectivity index (χ4n) is 2.54. The summed E-state index contributed by atoms with van der Waals surface area (Å²) in [5.41, 5.74) is 8.23. The van der Waals surface area contributed by atoms with Crippen molar-refractivity contribution >= 4 is 22.5 Å². The number of benzene rings is 1. The van der Waals surface area contributed by atoms with Gasteiger partial charge in [0.05, 0.1) is 17.2 Å². The van der Waals surface area contributed by atoms with Gasteiger partial charge in [-0.2, -0.15) is 0 Å². The van der Waals surface area contributed by atoms with Crippen LogP contribution in [-0.2, 0) is 0 Å². The molecule has 1 aliphatic rings. The van der Waals surface area contributed by atoms with E-state index in [-0.39, 0.29) is 0 Å². The maximum atomic E-state index is 5.75. The Kier molecular flexibility index (Phi) is 2.98. The Morgan fingerprint density at radius 3 is 2.89 bits per heavy atom. The van der Waals surface area contributed by atoms with E-state index in [1.54, 1.807) is 0 Å². The molecule has 1 aromatic carbocycles. The molecule has 0 amide bonds. The summed E-state index contributed by atoms with van der Waals surface area (Å²) in [6.45, 7) is 2.06. The molecule has 0 saturated carbocycles. The molecule has 1 aliphatic heterocycles.